The second kappa shape index (κ2) is 6.61. The third kappa shape index (κ3) is 3.46. The first kappa shape index (κ1) is 14.6. The maximum atomic E-state index is 10.5. The fourth-order valence-corrected chi connectivity index (χ4v) is 3.12. The smallest absolute Gasteiger partial charge is 0.105 e. The van der Waals surface area contributed by atoms with Gasteiger partial charge in [0.1, 0.15) is 6.10 Å². The third-order valence-corrected chi connectivity index (χ3v) is 4.44. The summed E-state index contributed by atoms with van der Waals surface area (Å²) in [6.07, 6.45) is 1.95. The number of nitrogens with zero attached hydrogens (tertiary/aromatic N) is 1. The molecule has 2 aromatic rings. The monoisotopic (exact) mass is 301 g/mol. The zero-order valence-corrected chi connectivity index (χ0v) is 12.8. The van der Waals surface area contributed by atoms with Crippen LogP contribution in [-0.2, 0) is 6.54 Å². The molecule has 1 saturated heterocycles. The van der Waals surface area contributed by atoms with E-state index < -0.39 is 6.10 Å². The van der Waals surface area contributed by atoms with Gasteiger partial charge in [-0.25, -0.2) is 0 Å². The van der Waals surface area contributed by atoms with E-state index in [1.54, 1.807) is 0 Å². The fraction of sp³-hybridized carbons (Fsp3) is 0.333. The van der Waals surface area contributed by atoms with Crippen LogP contribution in [0.1, 0.15) is 35.6 Å². The van der Waals surface area contributed by atoms with Crippen LogP contribution < -0.4 is 0 Å². The van der Waals surface area contributed by atoms with Gasteiger partial charge in [-0.1, -0.05) is 54.1 Å². The molecule has 0 spiro atoms. The number of aliphatic hydroxyl groups is 1. The van der Waals surface area contributed by atoms with Crippen molar-refractivity contribution in [2.45, 2.75) is 25.5 Å². The Kier molecular flexibility index (Phi) is 4.59. The summed E-state index contributed by atoms with van der Waals surface area (Å²) in [7, 11) is 0. The molecule has 1 heterocycles. The normalized spacial score (nSPS) is 17.0. The molecule has 0 bridgehead atoms. The lowest BCUT2D eigenvalue weighted by molar-refractivity contribution is 0.220. The Morgan fingerprint density at radius 1 is 1.00 bits per heavy atom. The minimum atomic E-state index is -0.667. The molecule has 0 aliphatic carbocycles. The Balaban J connectivity index is 1.72. The van der Waals surface area contributed by atoms with Crippen molar-refractivity contribution in [3.8, 4) is 0 Å². The van der Waals surface area contributed by atoms with Gasteiger partial charge in [-0.2, -0.15) is 0 Å². The summed E-state index contributed by atoms with van der Waals surface area (Å²) in [5.74, 6) is 0. The summed E-state index contributed by atoms with van der Waals surface area (Å²) in [4.78, 5) is 2.47. The average molecular weight is 302 g/mol. The van der Waals surface area contributed by atoms with Crippen LogP contribution in [0.5, 0.6) is 0 Å². The Labute approximate surface area is 131 Å². The highest BCUT2D eigenvalue weighted by Crippen LogP contribution is 2.28. The molecule has 1 unspecified atom stereocenters. The van der Waals surface area contributed by atoms with Gasteiger partial charge in [0.15, 0.2) is 0 Å². The zero-order valence-electron chi connectivity index (χ0n) is 12.0. The van der Waals surface area contributed by atoms with Gasteiger partial charge in [0.2, 0.25) is 0 Å². The number of halogens is 1. The predicted molar refractivity (Wildman–Crippen MR) is 86.5 cm³/mol. The van der Waals surface area contributed by atoms with Gasteiger partial charge in [0.05, 0.1) is 0 Å². The molecule has 0 saturated carbocycles. The van der Waals surface area contributed by atoms with Crippen LogP contribution in [0.15, 0.2) is 48.5 Å². The van der Waals surface area contributed by atoms with E-state index in [0.29, 0.717) is 5.02 Å². The van der Waals surface area contributed by atoms with Gasteiger partial charge in [-0.3, -0.25) is 4.90 Å². The SMILES string of the molecule is OC(c1ccc(CN2CCCC2)cc1)c1ccccc1Cl. The zero-order chi connectivity index (χ0) is 14.7. The van der Waals surface area contributed by atoms with E-state index in [1.165, 1.54) is 31.5 Å². The number of hydrogen-bond acceptors (Lipinski definition) is 2. The Morgan fingerprint density at radius 3 is 2.33 bits per heavy atom. The molecule has 1 N–H and O–H groups in total. The van der Waals surface area contributed by atoms with Gasteiger partial charge in [-0.15, -0.1) is 0 Å². The van der Waals surface area contributed by atoms with E-state index in [4.69, 9.17) is 11.6 Å². The van der Waals surface area contributed by atoms with Gasteiger partial charge in [-0.05, 0) is 43.1 Å². The molecule has 1 atom stereocenters. The molecular weight excluding hydrogens is 282 g/mol. The van der Waals surface area contributed by atoms with Crippen molar-refractivity contribution < 1.29 is 5.11 Å². The van der Waals surface area contributed by atoms with Crippen molar-refractivity contribution in [3.63, 3.8) is 0 Å². The highest BCUT2D eigenvalue weighted by atomic mass is 35.5. The van der Waals surface area contributed by atoms with Crippen molar-refractivity contribution in [1.29, 1.82) is 0 Å². The van der Waals surface area contributed by atoms with Crippen molar-refractivity contribution in [2.24, 2.45) is 0 Å². The molecule has 3 rings (SSSR count). The van der Waals surface area contributed by atoms with Crippen molar-refractivity contribution in [2.75, 3.05) is 13.1 Å². The lowest BCUT2D eigenvalue weighted by Gasteiger charge is -2.16. The van der Waals surface area contributed by atoms with E-state index in [9.17, 15) is 5.11 Å². The number of likely N-dealkylation sites (tertiary alicyclic amines) is 1. The summed E-state index contributed by atoms with van der Waals surface area (Å²) in [6.45, 7) is 3.40. The average Bonchev–Trinajstić information content (AvgIpc) is 3.01. The lowest BCUT2D eigenvalue weighted by Crippen LogP contribution is -2.18. The highest BCUT2D eigenvalue weighted by Gasteiger charge is 2.14. The first-order chi connectivity index (χ1) is 10.2. The van der Waals surface area contributed by atoms with Crippen LogP contribution in [0.2, 0.25) is 5.02 Å². The maximum Gasteiger partial charge on any atom is 0.105 e. The largest absolute Gasteiger partial charge is 0.384 e. The van der Waals surface area contributed by atoms with E-state index in [-0.39, 0.29) is 0 Å². The van der Waals surface area contributed by atoms with Gasteiger partial charge in [0, 0.05) is 17.1 Å². The van der Waals surface area contributed by atoms with Crippen LogP contribution >= 0.6 is 11.6 Å². The molecule has 110 valence electrons. The molecule has 0 aromatic heterocycles. The van der Waals surface area contributed by atoms with Crippen LogP contribution in [-0.4, -0.2) is 23.1 Å². The quantitative estimate of drug-likeness (QED) is 0.922. The minimum Gasteiger partial charge on any atom is -0.384 e. The van der Waals surface area contributed by atoms with E-state index in [0.717, 1.165) is 17.7 Å². The number of aliphatic hydroxyl groups excluding tert-OH is 1. The molecule has 1 aliphatic heterocycles. The third-order valence-electron chi connectivity index (χ3n) is 4.10. The van der Waals surface area contributed by atoms with Crippen molar-refractivity contribution in [1.82, 2.24) is 4.90 Å². The summed E-state index contributed by atoms with van der Waals surface area (Å²) in [5, 5.41) is 11.1. The molecular formula is C18H20ClNO. The van der Waals surface area contributed by atoms with E-state index in [1.807, 2.05) is 36.4 Å². The molecule has 2 nitrogen and oxygen atoms in total. The summed E-state index contributed by atoms with van der Waals surface area (Å²) < 4.78 is 0. The Hall–Kier alpha value is -1.35. The Bertz CT molecular complexity index is 590. The number of benzene rings is 2. The van der Waals surface area contributed by atoms with Gasteiger partial charge < -0.3 is 5.11 Å². The number of rotatable bonds is 4. The minimum absolute atomic E-state index is 0.603. The first-order valence-electron chi connectivity index (χ1n) is 7.48. The highest BCUT2D eigenvalue weighted by molar-refractivity contribution is 6.31. The maximum absolute atomic E-state index is 10.5. The molecule has 1 fully saturated rings. The fourth-order valence-electron chi connectivity index (χ4n) is 2.88. The number of hydrogen-bond donors (Lipinski definition) is 1. The van der Waals surface area contributed by atoms with Crippen LogP contribution in [0.3, 0.4) is 0 Å². The molecule has 21 heavy (non-hydrogen) atoms. The summed E-state index contributed by atoms with van der Waals surface area (Å²) >= 11 is 6.15. The standard InChI is InChI=1S/C18H20ClNO/c19-17-6-2-1-5-16(17)18(21)15-9-7-14(8-10-15)13-20-11-3-4-12-20/h1-2,5-10,18,21H,3-4,11-13H2. The molecule has 2 aromatic carbocycles. The van der Waals surface area contributed by atoms with E-state index >= 15 is 0 Å². The Morgan fingerprint density at radius 2 is 1.67 bits per heavy atom. The molecule has 3 heteroatoms. The van der Waals surface area contributed by atoms with Gasteiger partial charge in [0.25, 0.3) is 0 Å². The first-order valence-corrected chi connectivity index (χ1v) is 7.85. The predicted octanol–water partition coefficient (Wildman–Crippen LogP) is 4.02. The second-order valence-electron chi connectivity index (χ2n) is 5.65. The topological polar surface area (TPSA) is 23.5 Å². The lowest BCUT2D eigenvalue weighted by atomic mass is 10.0. The van der Waals surface area contributed by atoms with Crippen molar-refractivity contribution in [3.05, 3.63) is 70.2 Å². The van der Waals surface area contributed by atoms with Crippen LogP contribution in [0.4, 0.5) is 0 Å². The molecule has 0 amide bonds. The summed E-state index contributed by atoms with van der Waals surface area (Å²) in [5.41, 5.74) is 2.94. The molecule has 1 aliphatic rings. The van der Waals surface area contributed by atoms with Crippen LogP contribution in [0.25, 0.3) is 0 Å². The summed E-state index contributed by atoms with van der Waals surface area (Å²) in [6, 6.07) is 15.6. The van der Waals surface area contributed by atoms with E-state index in [2.05, 4.69) is 17.0 Å². The van der Waals surface area contributed by atoms with Gasteiger partial charge >= 0.3 is 0 Å². The van der Waals surface area contributed by atoms with Crippen molar-refractivity contribution >= 4 is 11.6 Å². The second-order valence-corrected chi connectivity index (χ2v) is 6.06. The molecule has 0 radical (unpaired) electrons. The van der Waals surface area contributed by atoms with Crippen LogP contribution in [0, 0.1) is 0 Å².